The molecule has 1 atom stereocenters. The normalized spacial score (nSPS) is 17.5. The number of rotatable bonds is 6. The quantitative estimate of drug-likeness (QED) is 0.802. The number of thioether (sulfide) groups is 1. The van der Waals surface area contributed by atoms with Gasteiger partial charge in [0, 0.05) is 13.2 Å². The van der Waals surface area contributed by atoms with Gasteiger partial charge in [0.05, 0.1) is 17.5 Å². The zero-order chi connectivity index (χ0) is 15.2. The highest BCUT2D eigenvalue weighted by atomic mass is 32.2. The van der Waals surface area contributed by atoms with Crippen LogP contribution in [-0.2, 0) is 9.53 Å². The molecule has 8 heteroatoms. The van der Waals surface area contributed by atoms with E-state index in [4.69, 9.17) is 4.74 Å². The third kappa shape index (κ3) is 3.83. The monoisotopic (exact) mass is 319 g/mol. The Morgan fingerprint density at radius 3 is 3.05 bits per heavy atom. The van der Waals surface area contributed by atoms with Crippen molar-refractivity contribution in [2.75, 3.05) is 18.9 Å². The van der Waals surface area contributed by atoms with Gasteiger partial charge in [0.2, 0.25) is 11.1 Å². The number of benzene rings is 1. The van der Waals surface area contributed by atoms with Crippen molar-refractivity contribution in [2.45, 2.75) is 24.1 Å². The van der Waals surface area contributed by atoms with Gasteiger partial charge in [0.15, 0.2) is 0 Å². The number of amides is 1. The van der Waals surface area contributed by atoms with Crippen molar-refractivity contribution in [3.05, 3.63) is 30.3 Å². The third-order valence-corrected chi connectivity index (χ3v) is 4.24. The zero-order valence-electron chi connectivity index (χ0n) is 12.0. The summed E-state index contributed by atoms with van der Waals surface area (Å²) in [5.74, 6) is 0.239. The molecule has 3 rings (SSSR count). The van der Waals surface area contributed by atoms with E-state index < -0.39 is 0 Å². The Labute approximate surface area is 132 Å². The van der Waals surface area contributed by atoms with Crippen LogP contribution in [0, 0.1) is 0 Å². The van der Waals surface area contributed by atoms with Gasteiger partial charge in [-0.15, -0.1) is 5.10 Å². The van der Waals surface area contributed by atoms with E-state index in [0.717, 1.165) is 25.1 Å². The van der Waals surface area contributed by atoms with E-state index >= 15 is 0 Å². The van der Waals surface area contributed by atoms with Crippen LogP contribution in [0.5, 0.6) is 0 Å². The molecule has 1 aromatic heterocycles. The van der Waals surface area contributed by atoms with E-state index in [1.165, 1.54) is 11.8 Å². The Morgan fingerprint density at radius 1 is 1.41 bits per heavy atom. The SMILES string of the molecule is O=C(CSc1nnnn1-c1ccccc1)NCC1CCCO1. The number of hydrogen-bond donors (Lipinski definition) is 1. The van der Waals surface area contributed by atoms with Crippen molar-refractivity contribution in [3.8, 4) is 5.69 Å². The molecular weight excluding hydrogens is 302 g/mol. The van der Waals surface area contributed by atoms with Gasteiger partial charge < -0.3 is 10.1 Å². The minimum absolute atomic E-state index is 0.0388. The lowest BCUT2D eigenvalue weighted by molar-refractivity contribution is -0.119. The second-order valence-corrected chi connectivity index (χ2v) is 5.88. The molecule has 1 aromatic carbocycles. The highest BCUT2D eigenvalue weighted by molar-refractivity contribution is 7.99. The molecule has 2 aromatic rings. The molecule has 1 aliphatic heterocycles. The molecule has 1 saturated heterocycles. The molecule has 0 aliphatic carbocycles. The summed E-state index contributed by atoms with van der Waals surface area (Å²) in [4.78, 5) is 11.9. The van der Waals surface area contributed by atoms with E-state index in [9.17, 15) is 4.79 Å². The van der Waals surface area contributed by atoms with E-state index in [-0.39, 0.29) is 17.8 Å². The van der Waals surface area contributed by atoms with E-state index in [1.54, 1.807) is 4.68 Å². The molecule has 1 unspecified atom stereocenters. The summed E-state index contributed by atoms with van der Waals surface area (Å²) in [6.07, 6.45) is 2.24. The summed E-state index contributed by atoms with van der Waals surface area (Å²) in [6.45, 7) is 1.37. The smallest absolute Gasteiger partial charge is 0.230 e. The average Bonchev–Trinajstić information content (AvgIpc) is 3.23. The molecule has 2 heterocycles. The van der Waals surface area contributed by atoms with Gasteiger partial charge in [-0.25, -0.2) is 0 Å². The number of ether oxygens (including phenoxy) is 1. The van der Waals surface area contributed by atoms with Crippen LogP contribution in [0.3, 0.4) is 0 Å². The number of carbonyl (C=O) groups excluding carboxylic acids is 1. The summed E-state index contributed by atoms with van der Waals surface area (Å²) in [5.41, 5.74) is 0.870. The minimum atomic E-state index is -0.0388. The first-order chi connectivity index (χ1) is 10.8. The molecule has 0 saturated carbocycles. The van der Waals surface area contributed by atoms with Gasteiger partial charge in [-0.1, -0.05) is 30.0 Å². The fourth-order valence-corrected chi connectivity index (χ4v) is 2.93. The summed E-state index contributed by atoms with van der Waals surface area (Å²) in [7, 11) is 0. The maximum atomic E-state index is 11.9. The van der Waals surface area contributed by atoms with Crippen molar-refractivity contribution in [2.24, 2.45) is 0 Å². The van der Waals surface area contributed by atoms with Crippen LogP contribution in [0.4, 0.5) is 0 Å². The Bertz CT molecular complexity index is 613. The lowest BCUT2D eigenvalue weighted by Crippen LogP contribution is -2.32. The molecule has 1 N–H and O–H groups in total. The fourth-order valence-electron chi connectivity index (χ4n) is 2.21. The van der Waals surface area contributed by atoms with E-state index in [1.807, 2.05) is 30.3 Å². The van der Waals surface area contributed by atoms with Crippen molar-refractivity contribution in [1.82, 2.24) is 25.5 Å². The van der Waals surface area contributed by atoms with Crippen LogP contribution in [0.1, 0.15) is 12.8 Å². The predicted octanol–water partition coefficient (Wildman–Crippen LogP) is 1.05. The second-order valence-electron chi connectivity index (χ2n) is 4.94. The number of hydrogen-bond acceptors (Lipinski definition) is 6. The number of nitrogens with zero attached hydrogens (tertiary/aromatic N) is 4. The number of nitrogens with one attached hydrogen (secondary N) is 1. The summed E-state index contributed by atoms with van der Waals surface area (Å²) in [6, 6.07) is 9.59. The standard InChI is InChI=1S/C14H17N5O2S/c20-13(15-9-12-7-4-8-21-12)10-22-14-16-17-18-19(14)11-5-2-1-3-6-11/h1-3,5-6,12H,4,7-10H2,(H,15,20). The third-order valence-electron chi connectivity index (χ3n) is 3.32. The minimum Gasteiger partial charge on any atom is -0.376 e. The summed E-state index contributed by atoms with van der Waals surface area (Å²) >= 11 is 1.31. The molecule has 116 valence electrons. The highest BCUT2D eigenvalue weighted by Crippen LogP contribution is 2.17. The number of para-hydroxylation sites is 1. The van der Waals surface area contributed by atoms with Crippen LogP contribution in [0.2, 0.25) is 0 Å². The van der Waals surface area contributed by atoms with Gasteiger partial charge in [0.25, 0.3) is 0 Å². The Balaban J connectivity index is 1.51. The van der Waals surface area contributed by atoms with Crippen LogP contribution >= 0.6 is 11.8 Å². The molecule has 0 radical (unpaired) electrons. The lowest BCUT2D eigenvalue weighted by Gasteiger charge is -2.10. The van der Waals surface area contributed by atoms with Crippen LogP contribution in [0.15, 0.2) is 35.5 Å². The van der Waals surface area contributed by atoms with Crippen LogP contribution < -0.4 is 5.32 Å². The van der Waals surface area contributed by atoms with Gasteiger partial charge >= 0.3 is 0 Å². The average molecular weight is 319 g/mol. The molecule has 0 spiro atoms. The molecular formula is C14H17N5O2S. The van der Waals surface area contributed by atoms with Crippen molar-refractivity contribution in [3.63, 3.8) is 0 Å². The largest absolute Gasteiger partial charge is 0.376 e. The molecule has 22 heavy (non-hydrogen) atoms. The Morgan fingerprint density at radius 2 is 2.27 bits per heavy atom. The van der Waals surface area contributed by atoms with Crippen molar-refractivity contribution >= 4 is 17.7 Å². The molecule has 0 bridgehead atoms. The molecule has 7 nitrogen and oxygen atoms in total. The van der Waals surface area contributed by atoms with Gasteiger partial charge in [-0.05, 0) is 35.4 Å². The molecule has 1 aliphatic rings. The van der Waals surface area contributed by atoms with Gasteiger partial charge in [-0.3, -0.25) is 4.79 Å². The first kappa shape index (κ1) is 15.0. The topological polar surface area (TPSA) is 81.9 Å². The Hall–Kier alpha value is -1.93. The van der Waals surface area contributed by atoms with Gasteiger partial charge in [-0.2, -0.15) is 4.68 Å². The molecule has 1 fully saturated rings. The fraction of sp³-hybridized carbons (Fsp3) is 0.429. The lowest BCUT2D eigenvalue weighted by atomic mass is 10.2. The maximum Gasteiger partial charge on any atom is 0.230 e. The van der Waals surface area contributed by atoms with Gasteiger partial charge in [0.1, 0.15) is 0 Å². The maximum absolute atomic E-state index is 11.9. The number of carbonyl (C=O) groups is 1. The predicted molar refractivity (Wildman–Crippen MR) is 81.9 cm³/mol. The first-order valence-corrected chi connectivity index (χ1v) is 8.16. The Kier molecular flexibility index (Phi) is 5.02. The van der Waals surface area contributed by atoms with Crippen molar-refractivity contribution < 1.29 is 9.53 Å². The van der Waals surface area contributed by atoms with Crippen molar-refractivity contribution in [1.29, 1.82) is 0 Å². The zero-order valence-corrected chi connectivity index (χ0v) is 12.8. The molecule has 1 amide bonds. The summed E-state index contributed by atoms with van der Waals surface area (Å²) in [5, 5.41) is 15.1. The highest BCUT2D eigenvalue weighted by Gasteiger charge is 2.17. The number of tetrazole rings is 1. The van der Waals surface area contributed by atoms with Crippen LogP contribution in [-0.4, -0.2) is 51.1 Å². The van der Waals surface area contributed by atoms with E-state index in [0.29, 0.717) is 11.7 Å². The van der Waals surface area contributed by atoms with Crippen LogP contribution in [0.25, 0.3) is 5.69 Å². The first-order valence-electron chi connectivity index (χ1n) is 7.18. The second kappa shape index (κ2) is 7.37. The summed E-state index contributed by atoms with van der Waals surface area (Å²) < 4.78 is 7.10. The van der Waals surface area contributed by atoms with E-state index in [2.05, 4.69) is 20.8 Å². The number of aromatic nitrogens is 4.